The van der Waals surface area contributed by atoms with E-state index in [9.17, 15) is 29.4 Å². The van der Waals surface area contributed by atoms with Gasteiger partial charge in [-0.2, -0.15) is 12.6 Å². The van der Waals surface area contributed by atoms with Crippen molar-refractivity contribution in [2.75, 3.05) is 38.5 Å². The highest BCUT2D eigenvalue weighted by molar-refractivity contribution is 7.80. The summed E-state index contributed by atoms with van der Waals surface area (Å²) in [5.41, 5.74) is -0.934. The predicted molar refractivity (Wildman–Crippen MR) is 199 cm³/mol. The molecule has 286 valence electrons. The molecule has 0 aliphatic carbocycles. The Hall–Kier alpha value is -3.36. The first-order valence-electron chi connectivity index (χ1n) is 17.4. The van der Waals surface area contributed by atoms with Crippen molar-refractivity contribution in [2.45, 2.75) is 95.9 Å². The Bertz CT molecular complexity index is 1610. The van der Waals surface area contributed by atoms with E-state index in [4.69, 9.17) is 30.5 Å². The standard InChI is InChI=1S/C38H51ClN2O10S/c1-22-10-8-11-29(49-7)38(47)14-9-12-33(44)50-28(20-38)23(2)35(45)37(3,4)30-19-32(43)41(25-17-24(16-22)18-27(48-6)34(25)39)21-26(36(46)51-30)40(5)31(42)13-15-52/h8-12,17-18,23,26,28-30,35,45,47,52H,13-16,19-21H2,1-7H3/b11-8+,12-9?,22-10+/t23-,26-,28+,29-,30?,35?,38+/m1/s1. The topological polar surface area (TPSA) is 152 Å². The Labute approximate surface area is 316 Å². The van der Waals surface area contributed by atoms with E-state index in [2.05, 4.69) is 12.6 Å². The molecule has 52 heavy (non-hydrogen) atoms. The third kappa shape index (κ3) is 9.04. The van der Waals surface area contributed by atoms with Gasteiger partial charge in [0.25, 0.3) is 0 Å². The molecule has 3 aliphatic rings. The van der Waals surface area contributed by atoms with Crippen LogP contribution < -0.4 is 9.64 Å². The van der Waals surface area contributed by atoms with E-state index in [1.54, 1.807) is 45.1 Å². The zero-order valence-corrected chi connectivity index (χ0v) is 32.5. The molecule has 1 saturated heterocycles. The highest BCUT2D eigenvalue weighted by Crippen LogP contribution is 2.42. The normalized spacial score (nSPS) is 31.6. The highest BCUT2D eigenvalue weighted by atomic mass is 35.5. The van der Waals surface area contributed by atoms with Gasteiger partial charge in [-0.1, -0.05) is 62.2 Å². The molecule has 3 heterocycles. The molecule has 2 amide bonds. The van der Waals surface area contributed by atoms with Crippen LogP contribution in [0.15, 0.2) is 48.1 Å². The summed E-state index contributed by atoms with van der Waals surface area (Å²) in [6.45, 7) is 6.64. The van der Waals surface area contributed by atoms with Gasteiger partial charge in [0.05, 0.1) is 31.9 Å². The van der Waals surface area contributed by atoms with Crippen molar-refractivity contribution < 1.29 is 48.3 Å². The molecule has 12 nitrogen and oxygen atoms in total. The zero-order valence-electron chi connectivity index (χ0n) is 30.8. The van der Waals surface area contributed by atoms with E-state index in [1.165, 1.54) is 43.2 Å². The lowest BCUT2D eigenvalue weighted by Crippen LogP contribution is -2.58. The number of carbonyl (C=O) groups is 4. The van der Waals surface area contributed by atoms with Crippen LogP contribution in [0.3, 0.4) is 0 Å². The molecule has 4 rings (SSSR count). The van der Waals surface area contributed by atoms with E-state index in [1.807, 2.05) is 13.0 Å². The lowest BCUT2D eigenvalue weighted by atomic mass is 9.71. The summed E-state index contributed by atoms with van der Waals surface area (Å²) >= 11 is 11.1. The molecule has 1 fully saturated rings. The van der Waals surface area contributed by atoms with E-state index in [0.29, 0.717) is 12.2 Å². The Balaban J connectivity index is 1.95. The molecule has 6 bridgehead atoms. The van der Waals surface area contributed by atoms with Crippen LogP contribution >= 0.6 is 24.2 Å². The minimum Gasteiger partial charge on any atom is -0.495 e. The van der Waals surface area contributed by atoms with Gasteiger partial charge in [0.15, 0.2) is 0 Å². The molecule has 1 aromatic rings. The van der Waals surface area contributed by atoms with Gasteiger partial charge in [-0.25, -0.2) is 9.59 Å². The van der Waals surface area contributed by atoms with Crippen LogP contribution in [0.5, 0.6) is 5.75 Å². The van der Waals surface area contributed by atoms with Crippen molar-refractivity contribution in [1.29, 1.82) is 0 Å². The number of aliphatic hydroxyl groups is 2. The quantitative estimate of drug-likeness (QED) is 0.294. The molecule has 2 unspecified atom stereocenters. The van der Waals surface area contributed by atoms with Crippen LogP contribution in [0.1, 0.15) is 58.9 Å². The number of anilines is 1. The number of allylic oxidation sites excluding steroid dienone is 3. The number of rotatable bonds is 5. The second kappa shape index (κ2) is 17.2. The minimum atomic E-state index is -1.55. The largest absolute Gasteiger partial charge is 0.495 e. The van der Waals surface area contributed by atoms with Crippen molar-refractivity contribution in [3.05, 3.63) is 58.7 Å². The van der Waals surface area contributed by atoms with Crippen molar-refractivity contribution in [3.63, 3.8) is 0 Å². The van der Waals surface area contributed by atoms with Gasteiger partial charge in [0, 0.05) is 44.4 Å². The maximum Gasteiger partial charge on any atom is 0.331 e. The summed E-state index contributed by atoms with van der Waals surface area (Å²) in [5, 5.41) is 24.3. The van der Waals surface area contributed by atoms with Gasteiger partial charge in [0.2, 0.25) is 11.8 Å². The number of fused-ring (bicyclic) bond motifs is 8. The summed E-state index contributed by atoms with van der Waals surface area (Å²) in [5.74, 6) is -2.56. The van der Waals surface area contributed by atoms with E-state index < -0.39 is 65.2 Å². The van der Waals surface area contributed by atoms with Crippen molar-refractivity contribution >= 4 is 53.7 Å². The Morgan fingerprint density at radius 1 is 1.19 bits per heavy atom. The second-order valence-corrected chi connectivity index (χ2v) is 15.3. The third-order valence-corrected chi connectivity index (χ3v) is 11.1. The van der Waals surface area contributed by atoms with Crippen molar-refractivity contribution in [3.8, 4) is 5.75 Å². The molecule has 14 heteroatoms. The van der Waals surface area contributed by atoms with Crippen LogP contribution in [0, 0.1) is 11.3 Å². The van der Waals surface area contributed by atoms with Crippen LogP contribution in [0.2, 0.25) is 5.02 Å². The number of likely N-dealkylation sites (N-methyl/N-ethyl adjacent to an activating group) is 1. The summed E-state index contributed by atoms with van der Waals surface area (Å²) in [6, 6.07) is 2.28. The highest BCUT2D eigenvalue weighted by Gasteiger charge is 2.50. The molecule has 3 aliphatic heterocycles. The SMILES string of the molecule is COc1cc2cc(c1Cl)N1C[C@@H](N(C)C(=O)CCS)C(=O)OC(CC1=O)C(C)(C)C(O)[C@H](C)[C@@H]1C[C@@](O)(CC=CC(=O)O1)[C@H](OC)/C=C/C=C(\C)C2. The van der Waals surface area contributed by atoms with Crippen LogP contribution in [0.25, 0.3) is 0 Å². The molecular formula is C38H51ClN2O10S. The molecular weight excluding hydrogens is 712 g/mol. The number of methoxy groups -OCH3 is 2. The number of carbonyl (C=O) groups excluding carboxylic acids is 4. The van der Waals surface area contributed by atoms with E-state index >= 15 is 0 Å². The van der Waals surface area contributed by atoms with Crippen LogP contribution in [-0.4, -0.2) is 108 Å². The van der Waals surface area contributed by atoms with Gasteiger partial charge in [-0.05, 0) is 43.2 Å². The molecule has 0 saturated carbocycles. The minimum absolute atomic E-state index is 0.0399. The summed E-state index contributed by atoms with van der Waals surface area (Å²) in [6.07, 6.45) is 3.85. The number of aliphatic hydroxyl groups excluding tert-OH is 1. The number of hydrogen-bond donors (Lipinski definition) is 3. The van der Waals surface area contributed by atoms with Gasteiger partial charge in [-0.15, -0.1) is 0 Å². The maximum atomic E-state index is 14.5. The number of thiol groups is 1. The molecule has 0 aromatic heterocycles. The average Bonchev–Trinajstić information content (AvgIpc) is 3.08. The molecule has 0 radical (unpaired) electrons. The zero-order chi connectivity index (χ0) is 38.5. The number of benzene rings is 1. The maximum absolute atomic E-state index is 14.5. The first-order chi connectivity index (χ1) is 24.5. The molecule has 7 atom stereocenters. The predicted octanol–water partition coefficient (Wildman–Crippen LogP) is 4.23. The monoisotopic (exact) mass is 762 g/mol. The van der Waals surface area contributed by atoms with E-state index in [0.717, 1.165) is 11.1 Å². The summed E-state index contributed by atoms with van der Waals surface area (Å²) < 4.78 is 23.2. The number of esters is 2. The fraction of sp³-hybridized carbons (Fsp3) is 0.579. The Morgan fingerprint density at radius 2 is 1.90 bits per heavy atom. The van der Waals surface area contributed by atoms with Crippen LogP contribution in [-0.2, 0) is 39.8 Å². The first kappa shape index (κ1) is 41.4. The van der Waals surface area contributed by atoms with Gasteiger partial charge in [-0.3, -0.25) is 9.59 Å². The number of amides is 2. The smallest absolute Gasteiger partial charge is 0.331 e. The molecule has 2 N–H and O–H groups in total. The second-order valence-electron chi connectivity index (χ2n) is 14.5. The summed E-state index contributed by atoms with van der Waals surface area (Å²) in [7, 11) is 4.41. The molecule has 0 spiro atoms. The van der Waals surface area contributed by atoms with Gasteiger partial charge >= 0.3 is 11.9 Å². The number of nitrogens with zero attached hydrogens (tertiary/aromatic N) is 2. The number of hydrogen-bond acceptors (Lipinski definition) is 11. The fourth-order valence-corrected chi connectivity index (χ4v) is 7.61. The lowest BCUT2D eigenvalue weighted by molar-refractivity contribution is -0.180. The Morgan fingerprint density at radius 3 is 2.56 bits per heavy atom. The van der Waals surface area contributed by atoms with Gasteiger partial charge in [0.1, 0.15) is 40.7 Å². The van der Waals surface area contributed by atoms with Crippen molar-refractivity contribution in [2.24, 2.45) is 11.3 Å². The summed E-state index contributed by atoms with van der Waals surface area (Å²) in [4.78, 5) is 57.1. The lowest BCUT2D eigenvalue weighted by Gasteiger charge is -2.45. The van der Waals surface area contributed by atoms with E-state index in [-0.39, 0.29) is 54.6 Å². The Kier molecular flexibility index (Phi) is 13.7. The average molecular weight is 763 g/mol. The van der Waals surface area contributed by atoms with Crippen molar-refractivity contribution in [1.82, 2.24) is 4.90 Å². The fourth-order valence-electron chi connectivity index (χ4n) is 7.13. The first-order valence-corrected chi connectivity index (χ1v) is 18.4. The third-order valence-electron chi connectivity index (χ3n) is 10.5. The van der Waals surface area contributed by atoms with Gasteiger partial charge < -0.3 is 39.0 Å². The number of ether oxygens (including phenoxy) is 4. The van der Waals surface area contributed by atoms with Crippen LogP contribution in [0.4, 0.5) is 5.69 Å². The molecule has 1 aromatic carbocycles. The number of halogens is 1.